The Morgan fingerprint density at radius 3 is 2.75 bits per heavy atom. The topological polar surface area (TPSA) is 65.1 Å². The monoisotopic (exact) mass is 353 g/mol. The Morgan fingerprint density at radius 2 is 2.08 bits per heavy atom. The van der Waals surface area contributed by atoms with Crippen molar-refractivity contribution in [3.63, 3.8) is 0 Å². The van der Waals surface area contributed by atoms with Crippen LogP contribution >= 0.6 is 11.6 Å². The van der Waals surface area contributed by atoms with Crippen LogP contribution < -0.4 is 0 Å². The number of likely N-dealkylation sites (tertiary alicyclic amines) is 1. The van der Waals surface area contributed by atoms with E-state index in [4.69, 9.17) is 25.8 Å². The highest BCUT2D eigenvalue weighted by Crippen LogP contribution is 2.36. The van der Waals surface area contributed by atoms with Crippen LogP contribution in [0.4, 0.5) is 0 Å². The van der Waals surface area contributed by atoms with Gasteiger partial charge in [0.2, 0.25) is 12.2 Å². The summed E-state index contributed by atoms with van der Waals surface area (Å²) in [4.78, 5) is 25.1. The lowest BCUT2D eigenvalue weighted by molar-refractivity contribution is -0.193. The first-order valence-corrected chi connectivity index (χ1v) is 8.47. The highest BCUT2D eigenvalue weighted by Gasteiger charge is 2.54. The van der Waals surface area contributed by atoms with Gasteiger partial charge in [0.25, 0.3) is 0 Å². The Kier molecular flexibility index (Phi) is 5.38. The summed E-state index contributed by atoms with van der Waals surface area (Å²) in [6, 6.07) is 9.39. The van der Waals surface area contributed by atoms with Gasteiger partial charge in [0, 0.05) is 13.5 Å². The molecule has 0 aliphatic carbocycles. The zero-order valence-corrected chi connectivity index (χ0v) is 14.1. The number of halogens is 1. The molecule has 0 bridgehead atoms. The lowest BCUT2D eigenvalue weighted by Crippen LogP contribution is -2.48. The number of hydrogen-bond acceptors (Lipinski definition) is 5. The smallest absolute Gasteiger partial charge is 0.305 e. The van der Waals surface area contributed by atoms with Crippen molar-refractivity contribution >= 4 is 23.5 Å². The van der Waals surface area contributed by atoms with Gasteiger partial charge in [0.15, 0.2) is 0 Å². The third-order valence-corrected chi connectivity index (χ3v) is 4.54. The Bertz CT molecular complexity index is 596. The van der Waals surface area contributed by atoms with Gasteiger partial charge in [-0.3, -0.25) is 9.59 Å². The summed E-state index contributed by atoms with van der Waals surface area (Å²) in [7, 11) is 0. The summed E-state index contributed by atoms with van der Waals surface area (Å²) >= 11 is 5.71. The highest BCUT2D eigenvalue weighted by atomic mass is 35.5. The lowest BCUT2D eigenvalue weighted by atomic mass is 10.1. The molecule has 0 N–H and O–H groups in total. The van der Waals surface area contributed by atoms with Crippen LogP contribution in [0.2, 0.25) is 0 Å². The Hall–Kier alpha value is -1.63. The molecule has 130 valence electrons. The molecule has 3 rings (SSSR count). The summed E-state index contributed by atoms with van der Waals surface area (Å²) in [5.41, 5.74) is 0.996. The van der Waals surface area contributed by atoms with E-state index in [1.54, 1.807) is 4.90 Å². The van der Waals surface area contributed by atoms with Gasteiger partial charge in [-0.05, 0) is 12.0 Å². The van der Waals surface area contributed by atoms with Gasteiger partial charge in [-0.25, -0.2) is 0 Å². The summed E-state index contributed by atoms with van der Waals surface area (Å²) in [6.07, 6.45) is -0.876. The molecule has 24 heavy (non-hydrogen) atoms. The van der Waals surface area contributed by atoms with E-state index in [1.807, 2.05) is 30.3 Å². The molecule has 2 fully saturated rings. The molecule has 2 heterocycles. The van der Waals surface area contributed by atoms with Gasteiger partial charge >= 0.3 is 5.97 Å². The normalized spacial score (nSPS) is 28.7. The van der Waals surface area contributed by atoms with Crippen LogP contribution in [0.5, 0.6) is 0 Å². The molecule has 2 aliphatic heterocycles. The van der Waals surface area contributed by atoms with Crippen molar-refractivity contribution < 1.29 is 23.8 Å². The molecule has 2 saturated heterocycles. The number of amides is 1. The quantitative estimate of drug-likeness (QED) is 0.595. The number of fused-ring (bicyclic) bond motifs is 1. The molecule has 1 amide bonds. The second-order valence-electron chi connectivity index (χ2n) is 5.91. The maximum atomic E-state index is 12.1. The molecule has 0 saturated carbocycles. The van der Waals surface area contributed by atoms with Gasteiger partial charge in [-0.1, -0.05) is 30.3 Å². The summed E-state index contributed by atoms with van der Waals surface area (Å²) in [5.74, 6) is -0.694. The molecule has 0 unspecified atom stereocenters. The van der Waals surface area contributed by atoms with Crippen molar-refractivity contribution in [1.82, 2.24) is 4.90 Å². The molecule has 1 aromatic carbocycles. The molecule has 2 aliphatic rings. The zero-order chi connectivity index (χ0) is 17.1. The van der Waals surface area contributed by atoms with Crippen molar-refractivity contribution in [2.45, 2.75) is 44.5 Å². The van der Waals surface area contributed by atoms with Crippen molar-refractivity contribution in [2.24, 2.45) is 0 Å². The number of ether oxygens (including phenoxy) is 3. The second-order valence-corrected chi connectivity index (χ2v) is 6.18. The minimum atomic E-state index is -0.813. The fourth-order valence-electron chi connectivity index (χ4n) is 3.31. The van der Waals surface area contributed by atoms with E-state index < -0.39 is 18.4 Å². The maximum absolute atomic E-state index is 12.1. The Labute approximate surface area is 145 Å². The summed E-state index contributed by atoms with van der Waals surface area (Å²) in [6.45, 7) is 2.24. The fourth-order valence-corrected chi connectivity index (χ4v) is 3.46. The number of rotatable bonds is 5. The summed E-state index contributed by atoms with van der Waals surface area (Å²) in [5, 5.41) is 0. The predicted octanol–water partition coefficient (Wildman–Crippen LogP) is 1.70. The number of hydrogen-bond donors (Lipinski definition) is 0. The maximum Gasteiger partial charge on any atom is 0.305 e. The van der Waals surface area contributed by atoms with Crippen LogP contribution in [0, 0.1) is 0 Å². The minimum absolute atomic E-state index is 0.0904. The minimum Gasteiger partial charge on any atom is -0.433 e. The standard InChI is InChI=1S/C17H20ClNO5/c1-11(20)23-17-16(22-10-12-5-3-2-4-6-12)15-13(24-17)7-8-19(15)14(21)9-18/h2-6,13,15-17H,7-10H2,1H3/t13-,15+,16+,17-/m0/s1. The molecule has 0 radical (unpaired) electrons. The van der Waals surface area contributed by atoms with Gasteiger partial charge in [0.05, 0.1) is 18.8 Å². The number of carbonyl (C=O) groups is 2. The van der Waals surface area contributed by atoms with E-state index >= 15 is 0 Å². The summed E-state index contributed by atoms with van der Waals surface area (Å²) < 4.78 is 17.1. The van der Waals surface area contributed by atoms with E-state index in [0.717, 1.165) is 5.56 Å². The molecule has 6 nitrogen and oxygen atoms in total. The van der Waals surface area contributed by atoms with Crippen LogP contribution in [0.15, 0.2) is 30.3 Å². The number of carbonyl (C=O) groups excluding carboxylic acids is 2. The first kappa shape index (κ1) is 17.2. The van der Waals surface area contributed by atoms with E-state index in [2.05, 4.69) is 0 Å². The van der Waals surface area contributed by atoms with Crippen molar-refractivity contribution in [3.8, 4) is 0 Å². The Balaban J connectivity index is 1.76. The molecule has 0 aromatic heterocycles. The zero-order valence-electron chi connectivity index (χ0n) is 13.4. The third kappa shape index (κ3) is 3.55. The van der Waals surface area contributed by atoms with Crippen LogP contribution in [0.25, 0.3) is 0 Å². The van der Waals surface area contributed by atoms with Crippen LogP contribution in [-0.4, -0.2) is 53.7 Å². The van der Waals surface area contributed by atoms with Crippen molar-refractivity contribution in [2.75, 3.05) is 12.4 Å². The number of benzene rings is 1. The van der Waals surface area contributed by atoms with E-state index in [1.165, 1.54) is 6.92 Å². The second kappa shape index (κ2) is 7.51. The highest BCUT2D eigenvalue weighted by molar-refractivity contribution is 6.27. The molecular formula is C17H20ClNO5. The van der Waals surface area contributed by atoms with Gasteiger partial charge < -0.3 is 19.1 Å². The molecule has 1 aromatic rings. The van der Waals surface area contributed by atoms with E-state index in [-0.39, 0.29) is 23.9 Å². The predicted molar refractivity (Wildman–Crippen MR) is 86.3 cm³/mol. The van der Waals surface area contributed by atoms with Gasteiger partial charge in [-0.15, -0.1) is 11.6 Å². The molecule has 0 spiro atoms. The SMILES string of the molecule is CC(=O)O[C@H]1O[C@H]2CCN(C(=O)CCl)[C@H]2[C@H]1OCc1ccccc1. The van der Waals surface area contributed by atoms with E-state index in [9.17, 15) is 9.59 Å². The first-order chi connectivity index (χ1) is 11.6. The van der Waals surface area contributed by atoms with Gasteiger partial charge in [-0.2, -0.15) is 0 Å². The third-order valence-electron chi connectivity index (χ3n) is 4.31. The van der Waals surface area contributed by atoms with E-state index in [0.29, 0.717) is 19.6 Å². The molecular weight excluding hydrogens is 334 g/mol. The Morgan fingerprint density at radius 1 is 1.33 bits per heavy atom. The van der Waals surface area contributed by atoms with Gasteiger partial charge in [0.1, 0.15) is 12.0 Å². The largest absolute Gasteiger partial charge is 0.433 e. The van der Waals surface area contributed by atoms with Crippen LogP contribution in [0.1, 0.15) is 18.9 Å². The molecule has 4 atom stereocenters. The average molecular weight is 354 g/mol. The average Bonchev–Trinajstić information content (AvgIpc) is 3.12. The number of nitrogens with zero attached hydrogens (tertiary/aromatic N) is 1. The number of esters is 1. The first-order valence-electron chi connectivity index (χ1n) is 7.94. The fraction of sp³-hybridized carbons (Fsp3) is 0.529. The number of alkyl halides is 1. The van der Waals surface area contributed by atoms with Crippen LogP contribution in [0.3, 0.4) is 0 Å². The van der Waals surface area contributed by atoms with Crippen molar-refractivity contribution in [3.05, 3.63) is 35.9 Å². The molecule has 7 heteroatoms. The lowest BCUT2D eigenvalue weighted by Gasteiger charge is -2.29. The van der Waals surface area contributed by atoms with Crippen molar-refractivity contribution in [1.29, 1.82) is 0 Å². The van der Waals surface area contributed by atoms with Crippen LogP contribution in [-0.2, 0) is 30.4 Å².